The highest BCUT2D eigenvalue weighted by Gasteiger charge is 2.00. The summed E-state index contributed by atoms with van der Waals surface area (Å²) in [5.74, 6) is -0.157. The average Bonchev–Trinajstić information content (AvgIpc) is 2.29. The maximum atomic E-state index is 10.4. The molecule has 1 N–H and O–H groups in total. The minimum absolute atomic E-state index is 0.0123. The van der Waals surface area contributed by atoms with Crippen molar-refractivity contribution < 1.29 is 14.6 Å². The van der Waals surface area contributed by atoms with E-state index in [0.717, 1.165) is 15.2 Å². The van der Waals surface area contributed by atoms with Gasteiger partial charge in [0.15, 0.2) is 0 Å². The Hall–Kier alpha value is -1.55. The van der Waals surface area contributed by atoms with Crippen molar-refractivity contribution in [2.24, 2.45) is 0 Å². The second-order valence-electron chi connectivity index (χ2n) is 3.65. The van der Waals surface area contributed by atoms with Crippen LogP contribution in [0.25, 0.3) is 10.8 Å². The number of fused-ring (bicyclic) bond motifs is 1. The van der Waals surface area contributed by atoms with Gasteiger partial charge in [-0.15, -0.1) is 0 Å². The molecule has 17 heavy (non-hydrogen) atoms. The number of hydrogen-bond donors (Lipinski definition) is 1. The normalized spacial score (nSPS) is 10.4. The number of halogens is 1. The monoisotopic (exact) mass is 294 g/mol. The summed E-state index contributed by atoms with van der Waals surface area (Å²) >= 11 is 3.41. The zero-order chi connectivity index (χ0) is 12.3. The first kappa shape index (κ1) is 11.9. The average molecular weight is 295 g/mol. The fourth-order valence-corrected chi connectivity index (χ4v) is 1.92. The molecular formula is C13H11BrO3. The van der Waals surface area contributed by atoms with E-state index in [4.69, 9.17) is 9.84 Å². The second-order valence-corrected chi connectivity index (χ2v) is 4.56. The van der Waals surface area contributed by atoms with Gasteiger partial charge in [0.25, 0.3) is 0 Å². The lowest BCUT2D eigenvalue weighted by Crippen LogP contribution is -2.04. The van der Waals surface area contributed by atoms with E-state index in [1.807, 2.05) is 36.4 Å². The van der Waals surface area contributed by atoms with Crippen molar-refractivity contribution in [2.75, 3.05) is 6.61 Å². The molecule has 88 valence electrons. The highest BCUT2D eigenvalue weighted by atomic mass is 79.9. The topological polar surface area (TPSA) is 46.5 Å². The molecule has 0 aliphatic heterocycles. The van der Waals surface area contributed by atoms with E-state index in [9.17, 15) is 4.79 Å². The molecule has 0 atom stereocenters. The van der Waals surface area contributed by atoms with Crippen molar-refractivity contribution in [3.63, 3.8) is 0 Å². The highest BCUT2D eigenvalue weighted by molar-refractivity contribution is 9.10. The predicted octanol–water partition coefficient (Wildman–Crippen LogP) is 3.46. The summed E-state index contributed by atoms with van der Waals surface area (Å²) in [6, 6.07) is 11.7. The van der Waals surface area contributed by atoms with Crippen LogP contribution in [0.2, 0.25) is 0 Å². The zero-order valence-electron chi connectivity index (χ0n) is 9.02. The highest BCUT2D eigenvalue weighted by Crippen LogP contribution is 2.24. The minimum Gasteiger partial charge on any atom is -0.493 e. The van der Waals surface area contributed by atoms with Crippen molar-refractivity contribution in [1.82, 2.24) is 0 Å². The van der Waals surface area contributed by atoms with Crippen LogP contribution in [0.4, 0.5) is 0 Å². The van der Waals surface area contributed by atoms with Crippen LogP contribution in [-0.4, -0.2) is 17.7 Å². The number of carboxylic acids is 1. The molecule has 0 spiro atoms. The number of carbonyl (C=O) groups is 1. The summed E-state index contributed by atoms with van der Waals surface area (Å²) < 4.78 is 6.39. The van der Waals surface area contributed by atoms with Gasteiger partial charge in [-0.05, 0) is 35.0 Å². The van der Waals surface area contributed by atoms with Gasteiger partial charge in [0.1, 0.15) is 5.75 Å². The molecule has 2 rings (SSSR count). The number of hydrogen-bond acceptors (Lipinski definition) is 2. The van der Waals surface area contributed by atoms with Crippen LogP contribution >= 0.6 is 15.9 Å². The Morgan fingerprint density at radius 1 is 1.18 bits per heavy atom. The number of aliphatic carboxylic acids is 1. The summed E-state index contributed by atoms with van der Waals surface area (Å²) in [6.07, 6.45) is 0.0123. The molecule has 0 heterocycles. The second kappa shape index (κ2) is 5.19. The quantitative estimate of drug-likeness (QED) is 0.939. The van der Waals surface area contributed by atoms with E-state index in [2.05, 4.69) is 15.9 Å². The van der Waals surface area contributed by atoms with Gasteiger partial charge in [0.05, 0.1) is 13.0 Å². The van der Waals surface area contributed by atoms with E-state index < -0.39 is 5.97 Å². The summed E-state index contributed by atoms with van der Waals surface area (Å²) in [7, 11) is 0. The fourth-order valence-electron chi connectivity index (χ4n) is 1.54. The number of ether oxygens (including phenoxy) is 1. The number of rotatable bonds is 4. The SMILES string of the molecule is O=C(O)CCOc1ccc2cc(Br)ccc2c1. The largest absolute Gasteiger partial charge is 0.493 e. The van der Waals surface area contributed by atoms with Crippen LogP contribution in [0.15, 0.2) is 40.9 Å². The first-order chi connectivity index (χ1) is 8.15. The van der Waals surface area contributed by atoms with Crippen molar-refractivity contribution in [1.29, 1.82) is 0 Å². The lowest BCUT2D eigenvalue weighted by atomic mass is 10.1. The molecule has 0 saturated carbocycles. The van der Waals surface area contributed by atoms with Gasteiger partial charge in [-0.25, -0.2) is 0 Å². The molecule has 0 saturated heterocycles. The molecule has 0 aliphatic rings. The minimum atomic E-state index is -0.852. The van der Waals surface area contributed by atoms with Gasteiger partial charge in [-0.1, -0.05) is 28.1 Å². The lowest BCUT2D eigenvalue weighted by Gasteiger charge is -2.06. The van der Waals surface area contributed by atoms with Gasteiger partial charge in [-0.3, -0.25) is 4.79 Å². The molecule has 0 aliphatic carbocycles. The third kappa shape index (κ3) is 3.20. The smallest absolute Gasteiger partial charge is 0.306 e. The zero-order valence-corrected chi connectivity index (χ0v) is 10.6. The van der Waals surface area contributed by atoms with Crippen LogP contribution in [-0.2, 0) is 4.79 Å². The van der Waals surface area contributed by atoms with Crippen LogP contribution in [0.1, 0.15) is 6.42 Å². The summed E-state index contributed by atoms with van der Waals surface area (Å²) in [5.41, 5.74) is 0. The van der Waals surface area contributed by atoms with Crippen LogP contribution in [0.3, 0.4) is 0 Å². The van der Waals surface area contributed by atoms with E-state index in [1.165, 1.54) is 0 Å². The molecular weight excluding hydrogens is 284 g/mol. The summed E-state index contributed by atoms with van der Waals surface area (Å²) in [4.78, 5) is 10.4. The molecule has 2 aromatic rings. The summed E-state index contributed by atoms with van der Waals surface area (Å²) in [6.45, 7) is 0.192. The molecule has 0 bridgehead atoms. The van der Waals surface area contributed by atoms with Crippen molar-refractivity contribution in [3.8, 4) is 5.75 Å². The molecule has 0 radical (unpaired) electrons. The Balaban J connectivity index is 2.14. The van der Waals surface area contributed by atoms with E-state index in [-0.39, 0.29) is 13.0 Å². The Kier molecular flexibility index (Phi) is 3.64. The number of benzene rings is 2. The molecule has 4 heteroatoms. The van der Waals surface area contributed by atoms with Gasteiger partial charge in [-0.2, -0.15) is 0 Å². The number of carboxylic acid groups (broad SMARTS) is 1. The molecule has 0 amide bonds. The Morgan fingerprint density at radius 2 is 1.88 bits per heavy atom. The van der Waals surface area contributed by atoms with Gasteiger partial charge in [0, 0.05) is 4.47 Å². The third-order valence-electron chi connectivity index (χ3n) is 2.36. The Labute approximate surface area is 107 Å². The maximum Gasteiger partial charge on any atom is 0.306 e. The van der Waals surface area contributed by atoms with Crippen LogP contribution in [0.5, 0.6) is 5.75 Å². The first-order valence-electron chi connectivity index (χ1n) is 5.19. The van der Waals surface area contributed by atoms with Gasteiger partial charge >= 0.3 is 5.97 Å². The van der Waals surface area contributed by atoms with Crippen LogP contribution in [0, 0.1) is 0 Å². The van der Waals surface area contributed by atoms with Gasteiger partial charge < -0.3 is 9.84 Å². The molecule has 0 unspecified atom stereocenters. The van der Waals surface area contributed by atoms with Crippen molar-refractivity contribution >= 4 is 32.7 Å². The first-order valence-corrected chi connectivity index (χ1v) is 5.98. The van der Waals surface area contributed by atoms with E-state index >= 15 is 0 Å². The maximum absolute atomic E-state index is 10.4. The standard InChI is InChI=1S/C13H11BrO3/c14-11-3-1-10-8-12(4-2-9(10)7-11)17-6-5-13(15)16/h1-4,7-8H,5-6H2,(H,15,16). The van der Waals surface area contributed by atoms with Crippen LogP contribution < -0.4 is 4.74 Å². The van der Waals surface area contributed by atoms with E-state index in [1.54, 1.807) is 0 Å². The Morgan fingerprint density at radius 3 is 2.65 bits per heavy atom. The van der Waals surface area contributed by atoms with Gasteiger partial charge in [0.2, 0.25) is 0 Å². The summed E-state index contributed by atoms with van der Waals surface area (Å²) in [5, 5.41) is 10.7. The molecule has 0 aromatic heterocycles. The fraction of sp³-hybridized carbons (Fsp3) is 0.154. The molecule has 3 nitrogen and oxygen atoms in total. The molecule has 2 aromatic carbocycles. The van der Waals surface area contributed by atoms with Crippen molar-refractivity contribution in [2.45, 2.75) is 6.42 Å². The molecule has 0 fully saturated rings. The lowest BCUT2D eigenvalue weighted by molar-refractivity contribution is -0.137. The Bertz CT molecular complexity index is 551. The predicted molar refractivity (Wildman–Crippen MR) is 69.4 cm³/mol. The van der Waals surface area contributed by atoms with E-state index in [0.29, 0.717) is 5.75 Å². The third-order valence-corrected chi connectivity index (χ3v) is 2.85. The van der Waals surface area contributed by atoms with Crippen molar-refractivity contribution in [3.05, 3.63) is 40.9 Å².